The van der Waals surface area contributed by atoms with E-state index in [1.807, 2.05) is 0 Å². The van der Waals surface area contributed by atoms with Crippen LogP contribution in [0.15, 0.2) is 23.1 Å². The van der Waals surface area contributed by atoms with Gasteiger partial charge in [-0.1, -0.05) is 5.21 Å². The van der Waals surface area contributed by atoms with Gasteiger partial charge in [0, 0.05) is 18.8 Å². The van der Waals surface area contributed by atoms with Crippen LogP contribution in [0.4, 0.5) is 0 Å². The second-order valence-electron chi connectivity index (χ2n) is 2.97. The first-order chi connectivity index (χ1) is 7.20. The summed E-state index contributed by atoms with van der Waals surface area (Å²) in [7, 11) is 1.71. The number of hydrogen-bond donors (Lipinski definition) is 1. The molecular formula is C8H8BrN5O. The van der Waals surface area contributed by atoms with Crippen LogP contribution in [0.5, 0.6) is 0 Å². The molecule has 1 atom stereocenters. The topological polar surface area (TPSA) is 76.7 Å². The Hall–Kier alpha value is -1.34. The Morgan fingerprint density at radius 2 is 2.27 bits per heavy atom. The monoisotopic (exact) mass is 269 g/mol. The van der Waals surface area contributed by atoms with Gasteiger partial charge in [0.1, 0.15) is 11.8 Å². The zero-order chi connectivity index (χ0) is 10.8. The average Bonchev–Trinajstić information content (AvgIpc) is 2.59. The maximum atomic E-state index is 10.0. The quantitative estimate of drug-likeness (QED) is 0.857. The number of rotatable bonds is 2. The number of hydrogen-bond acceptors (Lipinski definition) is 5. The third-order valence-electron chi connectivity index (χ3n) is 2.01. The van der Waals surface area contributed by atoms with Crippen molar-refractivity contribution in [1.82, 2.24) is 25.2 Å². The van der Waals surface area contributed by atoms with Gasteiger partial charge < -0.3 is 5.11 Å². The van der Waals surface area contributed by atoms with Crippen LogP contribution >= 0.6 is 15.9 Å². The predicted molar refractivity (Wildman–Crippen MR) is 54.8 cm³/mol. The number of aromatic nitrogens is 5. The average molecular weight is 270 g/mol. The van der Waals surface area contributed by atoms with E-state index >= 15 is 0 Å². The van der Waals surface area contributed by atoms with Gasteiger partial charge in [-0.15, -0.1) is 5.10 Å². The standard InChI is InChI=1S/C8H8BrN5O/c1-14-6(8(9)12-13-14)7(15)5-2-3-10-11-4-5/h2-4,7,15H,1H3. The number of halogens is 1. The molecule has 0 aliphatic carbocycles. The van der Waals surface area contributed by atoms with E-state index in [1.165, 1.54) is 17.1 Å². The Labute approximate surface area is 94.1 Å². The molecule has 1 N–H and O–H groups in total. The number of aliphatic hydroxyl groups excluding tert-OH is 1. The van der Waals surface area contributed by atoms with E-state index in [0.717, 1.165) is 0 Å². The van der Waals surface area contributed by atoms with Crippen molar-refractivity contribution < 1.29 is 5.11 Å². The van der Waals surface area contributed by atoms with Gasteiger partial charge in [-0.25, -0.2) is 4.68 Å². The first kappa shape index (κ1) is 10.2. The summed E-state index contributed by atoms with van der Waals surface area (Å²) in [6, 6.07) is 1.69. The Morgan fingerprint density at radius 1 is 1.47 bits per heavy atom. The molecule has 2 rings (SSSR count). The molecule has 2 aromatic rings. The molecule has 6 nitrogen and oxygen atoms in total. The minimum atomic E-state index is -0.810. The molecule has 0 aromatic carbocycles. The molecule has 78 valence electrons. The van der Waals surface area contributed by atoms with Crippen LogP contribution in [0.1, 0.15) is 17.4 Å². The highest BCUT2D eigenvalue weighted by molar-refractivity contribution is 9.10. The van der Waals surface area contributed by atoms with Crippen LogP contribution in [0.2, 0.25) is 0 Å². The van der Waals surface area contributed by atoms with E-state index in [2.05, 4.69) is 36.4 Å². The van der Waals surface area contributed by atoms with Crippen molar-refractivity contribution in [2.75, 3.05) is 0 Å². The maximum Gasteiger partial charge on any atom is 0.154 e. The van der Waals surface area contributed by atoms with Crippen molar-refractivity contribution in [3.8, 4) is 0 Å². The normalized spacial score (nSPS) is 12.7. The fourth-order valence-electron chi connectivity index (χ4n) is 1.25. The molecule has 15 heavy (non-hydrogen) atoms. The second kappa shape index (κ2) is 4.03. The highest BCUT2D eigenvalue weighted by Crippen LogP contribution is 2.25. The molecule has 0 aliphatic rings. The summed E-state index contributed by atoms with van der Waals surface area (Å²) in [5.41, 5.74) is 1.24. The lowest BCUT2D eigenvalue weighted by Gasteiger charge is -2.09. The smallest absolute Gasteiger partial charge is 0.154 e. The lowest BCUT2D eigenvalue weighted by Crippen LogP contribution is -2.07. The third-order valence-corrected chi connectivity index (χ3v) is 2.57. The molecule has 0 fully saturated rings. The van der Waals surface area contributed by atoms with Crippen LogP contribution in [0.3, 0.4) is 0 Å². The van der Waals surface area contributed by atoms with Crippen LogP contribution in [0, 0.1) is 0 Å². The number of aryl methyl sites for hydroxylation is 1. The Bertz CT molecular complexity index is 438. The van der Waals surface area contributed by atoms with E-state index in [4.69, 9.17) is 0 Å². The SMILES string of the molecule is Cn1nnc(Br)c1C(O)c1ccnnc1. The second-order valence-corrected chi connectivity index (χ2v) is 3.72. The first-order valence-corrected chi connectivity index (χ1v) is 4.99. The van der Waals surface area contributed by atoms with Gasteiger partial charge in [0.2, 0.25) is 0 Å². The van der Waals surface area contributed by atoms with E-state index < -0.39 is 6.10 Å². The van der Waals surface area contributed by atoms with Crippen LogP contribution in [-0.4, -0.2) is 30.3 Å². The largest absolute Gasteiger partial charge is 0.382 e. The molecule has 0 saturated carbocycles. The van der Waals surface area contributed by atoms with Gasteiger partial charge in [-0.05, 0) is 22.0 Å². The third kappa shape index (κ3) is 1.88. The van der Waals surface area contributed by atoms with Gasteiger partial charge in [0.05, 0.1) is 6.20 Å². The van der Waals surface area contributed by atoms with Crippen LogP contribution in [-0.2, 0) is 7.05 Å². The van der Waals surface area contributed by atoms with Crippen molar-refractivity contribution in [1.29, 1.82) is 0 Å². The van der Waals surface area contributed by atoms with Gasteiger partial charge >= 0.3 is 0 Å². The fourth-order valence-corrected chi connectivity index (χ4v) is 1.79. The minimum absolute atomic E-state index is 0.523. The van der Waals surface area contributed by atoms with Gasteiger partial charge in [0.25, 0.3) is 0 Å². The predicted octanol–water partition coefficient (Wildman–Crippen LogP) is 0.449. The molecule has 0 bridgehead atoms. The lowest BCUT2D eigenvalue weighted by atomic mass is 10.1. The molecule has 0 saturated heterocycles. The zero-order valence-corrected chi connectivity index (χ0v) is 9.46. The van der Waals surface area contributed by atoms with Crippen molar-refractivity contribution in [2.24, 2.45) is 7.05 Å². The summed E-state index contributed by atoms with van der Waals surface area (Å²) in [5, 5.41) is 25.0. The van der Waals surface area contributed by atoms with Gasteiger partial charge in [-0.3, -0.25) is 0 Å². The van der Waals surface area contributed by atoms with E-state index in [1.54, 1.807) is 13.1 Å². The van der Waals surface area contributed by atoms with Gasteiger partial charge in [0.15, 0.2) is 4.60 Å². The number of aliphatic hydroxyl groups is 1. The molecule has 0 spiro atoms. The van der Waals surface area contributed by atoms with Crippen molar-refractivity contribution >= 4 is 15.9 Å². The lowest BCUT2D eigenvalue weighted by molar-refractivity contribution is 0.208. The maximum absolute atomic E-state index is 10.0. The fraction of sp³-hybridized carbons (Fsp3) is 0.250. The van der Waals surface area contributed by atoms with Crippen LogP contribution in [0.25, 0.3) is 0 Å². The molecular weight excluding hydrogens is 262 g/mol. The van der Waals surface area contributed by atoms with Crippen molar-refractivity contribution in [3.05, 3.63) is 34.3 Å². The molecule has 2 heterocycles. The Morgan fingerprint density at radius 3 is 2.80 bits per heavy atom. The molecule has 0 amide bonds. The summed E-state index contributed by atoms with van der Waals surface area (Å²) in [6.45, 7) is 0. The molecule has 1 unspecified atom stereocenters. The summed E-state index contributed by atoms with van der Waals surface area (Å²) in [5.74, 6) is 0. The molecule has 2 aromatic heterocycles. The minimum Gasteiger partial charge on any atom is -0.382 e. The van der Waals surface area contributed by atoms with Crippen LogP contribution < -0.4 is 0 Å². The van der Waals surface area contributed by atoms with E-state index in [-0.39, 0.29) is 0 Å². The molecule has 0 aliphatic heterocycles. The highest BCUT2D eigenvalue weighted by atomic mass is 79.9. The summed E-state index contributed by atoms with van der Waals surface area (Å²) in [4.78, 5) is 0. The Balaban J connectivity index is 2.41. The summed E-state index contributed by atoms with van der Waals surface area (Å²) < 4.78 is 2.03. The van der Waals surface area contributed by atoms with Gasteiger partial charge in [-0.2, -0.15) is 10.2 Å². The molecule has 0 radical (unpaired) electrons. The zero-order valence-electron chi connectivity index (χ0n) is 7.87. The van der Waals surface area contributed by atoms with Crippen molar-refractivity contribution in [3.63, 3.8) is 0 Å². The molecule has 7 heteroatoms. The summed E-state index contributed by atoms with van der Waals surface area (Å²) >= 11 is 3.22. The first-order valence-electron chi connectivity index (χ1n) is 4.20. The van der Waals surface area contributed by atoms with E-state index in [9.17, 15) is 5.11 Å². The highest BCUT2D eigenvalue weighted by Gasteiger charge is 2.19. The van der Waals surface area contributed by atoms with Crippen molar-refractivity contribution in [2.45, 2.75) is 6.10 Å². The Kier molecular flexibility index (Phi) is 2.74. The van der Waals surface area contributed by atoms with E-state index in [0.29, 0.717) is 15.9 Å². The number of nitrogens with zero attached hydrogens (tertiary/aromatic N) is 5. The summed E-state index contributed by atoms with van der Waals surface area (Å²) in [6.07, 6.45) is 2.22.